The van der Waals surface area contributed by atoms with Crippen molar-refractivity contribution >= 4 is 11.8 Å². The Morgan fingerprint density at radius 1 is 1.75 bits per heavy atom. The molecule has 0 aliphatic rings. The number of hydrogen-bond donors (Lipinski definition) is 2. The van der Waals surface area contributed by atoms with Crippen molar-refractivity contribution in [1.29, 1.82) is 0 Å². The van der Waals surface area contributed by atoms with Gasteiger partial charge in [-0.05, 0) is 18.4 Å². The summed E-state index contributed by atoms with van der Waals surface area (Å²) in [4.78, 5) is 0. The highest BCUT2D eigenvalue weighted by molar-refractivity contribution is 7.98. The van der Waals surface area contributed by atoms with E-state index in [0.717, 1.165) is 12.2 Å². The van der Waals surface area contributed by atoms with Gasteiger partial charge in [-0.1, -0.05) is 0 Å². The molecule has 3 N–H and O–H groups in total. The first kappa shape index (κ1) is 8.27. The first-order valence-corrected chi connectivity index (χ1v) is 4.06. The van der Waals surface area contributed by atoms with Crippen molar-refractivity contribution in [2.45, 2.75) is 12.5 Å². The second kappa shape index (κ2) is 5.41. The standard InChI is InChI=1S/C5H13NOS/c1-8-3-2-5(6)4-7/h5,7H,2-4,6H2,1H3/t5-/m1/s1. The molecule has 0 unspecified atom stereocenters. The summed E-state index contributed by atoms with van der Waals surface area (Å²) in [7, 11) is 0. The predicted octanol–water partition coefficient (Wildman–Crippen LogP) is 0.0591. The van der Waals surface area contributed by atoms with Gasteiger partial charge in [0.05, 0.1) is 6.61 Å². The SMILES string of the molecule is CSCC[C@@H](N)CO. The Labute approximate surface area is 54.5 Å². The van der Waals surface area contributed by atoms with Gasteiger partial charge in [0.1, 0.15) is 0 Å². The Hall–Kier alpha value is 0.270. The second-order valence-corrected chi connectivity index (χ2v) is 2.71. The Morgan fingerprint density at radius 2 is 2.38 bits per heavy atom. The largest absolute Gasteiger partial charge is 0.395 e. The van der Waals surface area contributed by atoms with E-state index in [1.807, 2.05) is 6.26 Å². The second-order valence-electron chi connectivity index (χ2n) is 1.72. The van der Waals surface area contributed by atoms with Crippen molar-refractivity contribution in [3.63, 3.8) is 0 Å². The van der Waals surface area contributed by atoms with Crippen LogP contribution in [0.25, 0.3) is 0 Å². The summed E-state index contributed by atoms with van der Waals surface area (Å²) >= 11 is 1.75. The van der Waals surface area contributed by atoms with Crippen LogP contribution in [0.4, 0.5) is 0 Å². The van der Waals surface area contributed by atoms with Crippen molar-refractivity contribution in [3.8, 4) is 0 Å². The third-order valence-electron chi connectivity index (χ3n) is 0.927. The molecule has 0 aliphatic heterocycles. The van der Waals surface area contributed by atoms with Crippen LogP contribution >= 0.6 is 11.8 Å². The molecule has 0 aromatic carbocycles. The summed E-state index contributed by atoms with van der Waals surface area (Å²) < 4.78 is 0. The zero-order chi connectivity index (χ0) is 6.41. The summed E-state index contributed by atoms with van der Waals surface area (Å²) in [6, 6.07) is -0.0116. The molecule has 0 amide bonds. The highest BCUT2D eigenvalue weighted by Gasteiger charge is 1.96. The smallest absolute Gasteiger partial charge is 0.0582 e. The Kier molecular flexibility index (Phi) is 5.59. The van der Waals surface area contributed by atoms with Crippen LogP contribution in [-0.2, 0) is 0 Å². The Bertz CT molecular complexity index is 51.7. The third kappa shape index (κ3) is 4.43. The molecule has 50 valence electrons. The molecule has 0 heterocycles. The lowest BCUT2D eigenvalue weighted by Gasteiger charge is -2.03. The van der Waals surface area contributed by atoms with Crippen molar-refractivity contribution in [1.82, 2.24) is 0 Å². The molecule has 0 fully saturated rings. The lowest BCUT2D eigenvalue weighted by atomic mass is 10.3. The van der Waals surface area contributed by atoms with Gasteiger partial charge in [0.2, 0.25) is 0 Å². The number of nitrogens with two attached hydrogens (primary N) is 1. The van der Waals surface area contributed by atoms with Gasteiger partial charge in [0.15, 0.2) is 0 Å². The van der Waals surface area contributed by atoms with Gasteiger partial charge in [-0.3, -0.25) is 0 Å². The van der Waals surface area contributed by atoms with Gasteiger partial charge >= 0.3 is 0 Å². The van der Waals surface area contributed by atoms with Crippen molar-refractivity contribution < 1.29 is 5.11 Å². The molecule has 0 saturated carbocycles. The molecule has 0 aliphatic carbocycles. The summed E-state index contributed by atoms with van der Waals surface area (Å²) in [5.41, 5.74) is 5.40. The molecule has 0 saturated heterocycles. The molecule has 2 nitrogen and oxygen atoms in total. The molecule has 0 spiro atoms. The van der Waals surface area contributed by atoms with Crippen LogP contribution in [0.2, 0.25) is 0 Å². The van der Waals surface area contributed by atoms with Crippen LogP contribution in [0, 0.1) is 0 Å². The fraction of sp³-hybridized carbons (Fsp3) is 1.00. The molecule has 1 atom stereocenters. The minimum atomic E-state index is -0.0116. The molecule has 8 heavy (non-hydrogen) atoms. The van der Waals surface area contributed by atoms with E-state index in [-0.39, 0.29) is 12.6 Å². The van der Waals surface area contributed by atoms with Gasteiger partial charge < -0.3 is 10.8 Å². The fourth-order valence-corrected chi connectivity index (χ4v) is 0.899. The van der Waals surface area contributed by atoms with Crippen LogP contribution < -0.4 is 5.73 Å². The zero-order valence-corrected chi connectivity index (χ0v) is 5.95. The van der Waals surface area contributed by atoms with E-state index >= 15 is 0 Å². The van der Waals surface area contributed by atoms with Gasteiger partial charge in [-0.25, -0.2) is 0 Å². The Balaban J connectivity index is 2.86. The van der Waals surface area contributed by atoms with E-state index in [1.165, 1.54) is 0 Å². The highest BCUT2D eigenvalue weighted by atomic mass is 32.2. The van der Waals surface area contributed by atoms with Crippen LogP contribution in [-0.4, -0.2) is 29.8 Å². The normalized spacial score (nSPS) is 13.9. The molecule has 0 rings (SSSR count). The van der Waals surface area contributed by atoms with E-state index in [2.05, 4.69) is 0 Å². The first-order valence-electron chi connectivity index (χ1n) is 2.66. The zero-order valence-electron chi connectivity index (χ0n) is 5.13. The molecular weight excluding hydrogens is 122 g/mol. The van der Waals surface area contributed by atoms with E-state index in [9.17, 15) is 0 Å². The van der Waals surface area contributed by atoms with Gasteiger partial charge in [-0.2, -0.15) is 11.8 Å². The van der Waals surface area contributed by atoms with E-state index in [4.69, 9.17) is 10.8 Å². The average Bonchev–Trinajstić information content (AvgIpc) is 1.83. The van der Waals surface area contributed by atoms with Crippen molar-refractivity contribution in [3.05, 3.63) is 0 Å². The maximum absolute atomic E-state index is 8.43. The van der Waals surface area contributed by atoms with Crippen molar-refractivity contribution in [2.24, 2.45) is 5.73 Å². The minimum Gasteiger partial charge on any atom is -0.395 e. The van der Waals surface area contributed by atoms with Crippen molar-refractivity contribution in [2.75, 3.05) is 18.6 Å². The Morgan fingerprint density at radius 3 is 2.75 bits per heavy atom. The molecule has 0 aromatic heterocycles. The lowest BCUT2D eigenvalue weighted by molar-refractivity contribution is 0.264. The molecule has 0 radical (unpaired) electrons. The summed E-state index contributed by atoms with van der Waals surface area (Å²) in [6.45, 7) is 0.112. The minimum absolute atomic E-state index is 0.0116. The van der Waals surface area contributed by atoms with Crippen LogP contribution in [0.15, 0.2) is 0 Å². The maximum atomic E-state index is 8.43. The quantitative estimate of drug-likeness (QED) is 0.573. The highest BCUT2D eigenvalue weighted by Crippen LogP contribution is 1.96. The van der Waals surface area contributed by atoms with E-state index in [1.54, 1.807) is 11.8 Å². The first-order chi connectivity index (χ1) is 3.81. The number of hydrogen-bond acceptors (Lipinski definition) is 3. The number of thioether (sulfide) groups is 1. The number of rotatable bonds is 4. The topological polar surface area (TPSA) is 46.2 Å². The van der Waals surface area contributed by atoms with Crippen LogP contribution in [0.1, 0.15) is 6.42 Å². The fourth-order valence-electron chi connectivity index (χ4n) is 0.361. The van der Waals surface area contributed by atoms with E-state index in [0.29, 0.717) is 0 Å². The molecular formula is C5H13NOS. The number of aliphatic hydroxyl groups excluding tert-OH is 1. The number of aliphatic hydroxyl groups is 1. The molecule has 0 aromatic rings. The monoisotopic (exact) mass is 135 g/mol. The third-order valence-corrected chi connectivity index (χ3v) is 1.57. The summed E-state index contributed by atoms with van der Waals surface area (Å²) in [6.07, 6.45) is 2.95. The summed E-state index contributed by atoms with van der Waals surface area (Å²) in [5.74, 6) is 1.04. The predicted molar refractivity (Wildman–Crippen MR) is 38.1 cm³/mol. The van der Waals surface area contributed by atoms with Gasteiger partial charge in [0.25, 0.3) is 0 Å². The van der Waals surface area contributed by atoms with Crippen LogP contribution in [0.3, 0.4) is 0 Å². The maximum Gasteiger partial charge on any atom is 0.0582 e. The van der Waals surface area contributed by atoms with Gasteiger partial charge in [-0.15, -0.1) is 0 Å². The van der Waals surface area contributed by atoms with Gasteiger partial charge in [0, 0.05) is 6.04 Å². The van der Waals surface area contributed by atoms with Crippen LogP contribution in [0.5, 0.6) is 0 Å². The lowest BCUT2D eigenvalue weighted by Crippen LogP contribution is -2.24. The molecule has 3 heteroatoms. The average molecular weight is 135 g/mol. The summed E-state index contributed by atoms with van der Waals surface area (Å²) in [5, 5.41) is 8.43. The van der Waals surface area contributed by atoms with E-state index < -0.39 is 0 Å². The molecule has 0 bridgehead atoms.